The Kier molecular flexibility index (Phi) is 7.59. The molecule has 0 spiro atoms. The maximum absolute atomic E-state index is 13.1. The monoisotopic (exact) mass is 428 g/mol. The topological polar surface area (TPSA) is 86.3 Å². The molecular weight excluding hydrogens is 400 g/mol. The number of likely N-dealkylation sites (tertiary alicyclic amines) is 1. The second kappa shape index (κ2) is 10.6. The lowest BCUT2D eigenvalue weighted by Gasteiger charge is -2.33. The maximum Gasteiger partial charge on any atom is 0.261 e. The number of ether oxygens (including phenoxy) is 4. The number of hydrogen-bond acceptors (Lipinski definition) is 6. The van der Waals surface area contributed by atoms with Crippen molar-refractivity contribution < 1.29 is 28.5 Å². The van der Waals surface area contributed by atoms with Crippen LogP contribution in [-0.4, -0.2) is 63.8 Å². The number of rotatable bonds is 8. The lowest BCUT2D eigenvalue weighted by Crippen LogP contribution is -2.47. The zero-order chi connectivity index (χ0) is 22.2. The van der Waals surface area contributed by atoms with E-state index < -0.39 is 0 Å². The van der Waals surface area contributed by atoms with E-state index >= 15 is 0 Å². The molecule has 0 unspecified atom stereocenters. The molecule has 0 aromatic heterocycles. The van der Waals surface area contributed by atoms with Crippen molar-refractivity contribution in [2.24, 2.45) is 0 Å². The first-order chi connectivity index (χ1) is 15.1. The van der Waals surface area contributed by atoms with Crippen molar-refractivity contribution in [3.05, 3.63) is 48.0 Å². The summed E-state index contributed by atoms with van der Waals surface area (Å²) in [6.07, 6.45) is 1.31. The molecule has 166 valence electrons. The molecule has 0 atom stereocenters. The normalized spacial score (nSPS) is 14.0. The second-order valence-corrected chi connectivity index (χ2v) is 7.11. The first-order valence-corrected chi connectivity index (χ1v) is 10.1. The molecule has 3 rings (SSSR count). The van der Waals surface area contributed by atoms with Crippen LogP contribution in [0, 0.1) is 0 Å². The Hall–Kier alpha value is -3.42. The highest BCUT2D eigenvalue weighted by Gasteiger charge is 2.28. The second-order valence-electron chi connectivity index (χ2n) is 7.11. The summed E-state index contributed by atoms with van der Waals surface area (Å²) >= 11 is 0. The van der Waals surface area contributed by atoms with Crippen LogP contribution in [-0.2, 0) is 4.79 Å². The first-order valence-electron chi connectivity index (χ1n) is 10.1. The smallest absolute Gasteiger partial charge is 0.261 e. The molecule has 2 aromatic rings. The van der Waals surface area contributed by atoms with Gasteiger partial charge in [0.05, 0.1) is 21.3 Å². The van der Waals surface area contributed by atoms with E-state index in [4.69, 9.17) is 18.9 Å². The molecular formula is C23H28N2O6. The van der Waals surface area contributed by atoms with Gasteiger partial charge in [-0.25, -0.2) is 0 Å². The number of para-hydroxylation sites is 2. The number of hydrogen-bond donors (Lipinski definition) is 1. The number of nitrogens with one attached hydrogen (secondary N) is 1. The zero-order valence-corrected chi connectivity index (χ0v) is 18.1. The standard InChI is InChI=1S/C23H28N2O6/c1-28-17-7-4-5-8-18(17)31-15-21(26)24-16-11-13-25(14-12-16)23(27)22-19(29-2)9-6-10-20(22)30-3/h4-10,16H,11-15H2,1-3H3,(H,24,26). The number of nitrogens with zero attached hydrogens (tertiary/aromatic N) is 1. The van der Waals surface area contributed by atoms with Crippen molar-refractivity contribution in [2.75, 3.05) is 41.0 Å². The van der Waals surface area contributed by atoms with E-state index in [1.165, 1.54) is 14.2 Å². The molecule has 1 aliphatic heterocycles. The highest BCUT2D eigenvalue weighted by atomic mass is 16.5. The Bertz CT molecular complexity index is 886. The first kappa shape index (κ1) is 22.3. The lowest BCUT2D eigenvalue weighted by atomic mass is 10.0. The summed E-state index contributed by atoms with van der Waals surface area (Å²) in [6.45, 7) is 0.953. The van der Waals surface area contributed by atoms with Gasteiger partial charge in [0.1, 0.15) is 17.1 Å². The third-order valence-corrected chi connectivity index (χ3v) is 5.22. The van der Waals surface area contributed by atoms with Gasteiger partial charge < -0.3 is 29.2 Å². The summed E-state index contributed by atoms with van der Waals surface area (Å²) in [6, 6.07) is 12.4. The summed E-state index contributed by atoms with van der Waals surface area (Å²) in [4.78, 5) is 27.1. The van der Waals surface area contributed by atoms with Gasteiger partial charge in [-0.15, -0.1) is 0 Å². The fraction of sp³-hybridized carbons (Fsp3) is 0.391. The van der Waals surface area contributed by atoms with Gasteiger partial charge in [-0.1, -0.05) is 18.2 Å². The van der Waals surface area contributed by atoms with Gasteiger partial charge in [0.25, 0.3) is 11.8 Å². The van der Waals surface area contributed by atoms with Gasteiger partial charge in [-0.3, -0.25) is 9.59 Å². The highest BCUT2D eigenvalue weighted by molar-refractivity contribution is 5.99. The van der Waals surface area contributed by atoms with Gasteiger partial charge in [0, 0.05) is 19.1 Å². The minimum atomic E-state index is -0.206. The molecule has 2 amide bonds. The van der Waals surface area contributed by atoms with Crippen LogP contribution in [0.1, 0.15) is 23.2 Å². The quantitative estimate of drug-likeness (QED) is 0.695. The van der Waals surface area contributed by atoms with E-state index in [0.717, 1.165) is 0 Å². The van der Waals surface area contributed by atoms with Gasteiger partial charge in [0.15, 0.2) is 18.1 Å². The Morgan fingerprint density at radius 1 is 0.871 bits per heavy atom. The fourth-order valence-corrected chi connectivity index (χ4v) is 3.60. The van der Waals surface area contributed by atoms with Crippen LogP contribution in [0.2, 0.25) is 0 Å². The van der Waals surface area contributed by atoms with Crippen LogP contribution in [0.15, 0.2) is 42.5 Å². The van der Waals surface area contributed by atoms with Crippen LogP contribution in [0.5, 0.6) is 23.0 Å². The maximum atomic E-state index is 13.1. The molecule has 1 fully saturated rings. The summed E-state index contributed by atoms with van der Waals surface area (Å²) in [7, 11) is 4.61. The van der Waals surface area contributed by atoms with Crippen molar-refractivity contribution in [2.45, 2.75) is 18.9 Å². The minimum Gasteiger partial charge on any atom is -0.496 e. The molecule has 1 aliphatic rings. The number of carbonyl (C=O) groups is 2. The van der Waals surface area contributed by atoms with E-state index in [2.05, 4.69) is 5.32 Å². The summed E-state index contributed by atoms with van der Waals surface area (Å²) in [5, 5.41) is 2.98. The van der Waals surface area contributed by atoms with Crippen molar-refractivity contribution in [3.8, 4) is 23.0 Å². The molecule has 2 aromatic carbocycles. The van der Waals surface area contributed by atoms with E-state index in [0.29, 0.717) is 54.5 Å². The Labute approximate surface area is 182 Å². The van der Waals surface area contributed by atoms with E-state index in [-0.39, 0.29) is 24.5 Å². The SMILES string of the molecule is COc1ccccc1OCC(=O)NC1CCN(C(=O)c2c(OC)cccc2OC)CC1. The van der Waals surface area contributed by atoms with E-state index in [1.807, 2.05) is 12.1 Å². The molecule has 0 aliphatic carbocycles. The highest BCUT2D eigenvalue weighted by Crippen LogP contribution is 2.30. The van der Waals surface area contributed by atoms with Crippen molar-refractivity contribution in [1.29, 1.82) is 0 Å². The summed E-state index contributed by atoms with van der Waals surface area (Å²) in [5.74, 6) is 1.71. The molecule has 8 nitrogen and oxygen atoms in total. The van der Waals surface area contributed by atoms with Crippen LogP contribution >= 0.6 is 0 Å². The third-order valence-electron chi connectivity index (χ3n) is 5.22. The Morgan fingerprint density at radius 3 is 2.00 bits per heavy atom. The zero-order valence-electron chi connectivity index (χ0n) is 18.1. The number of methoxy groups -OCH3 is 3. The van der Waals surface area contributed by atoms with Crippen molar-refractivity contribution in [3.63, 3.8) is 0 Å². The number of piperidine rings is 1. The fourth-order valence-electron chi connectivity index (χ4n) is 3.60. The number of benzene rings is 2. The van der Waals surface area contributed by atoms with Gasteiger partial charge >= 0.3 is 0 Å². The van der Waals surface area contributed by atoms with E-state index in [1.54, 1.807) is 42.3 Å². The molecule has 0 saturated carbocycles. The molecule has 1 heterocycles. The molecule has 0 radical (unpaired) electrons. The van der Waals surface area contributed by atoms with Gasteiger partial charge in [0.2, 0.25) is 0 Å². The molecule has 8 heteroatoms. The van der Waals surface area contributed by atoms with Crippen LogP contribution in [0.25, 0.3) is 0 Å². The number of carbonyl (C=O) groups excluding carboxylic acids is 2. The number of amides is 2. The predicted octanol–water partition coefficient (Wildman–Crippen LogP) is 2.51. The summed E-state index contributed by atoms with van der Waals surface area (Å²) < 4.78 is 21.5. The molecule has 1 saturated heterocycles. The van der Waals surface area contributed by atoms with Crippen molar-refractivity contribution in [1.82, 2.24) is 10.2 Å². The Morgan fingerprint density at radius 2 is 1.42 bits per heavy atom. The Balaban J connectivity index is 1.52. The lowest BCUT2D eigenvalue weighted by molar-refractivity contribution is -0.124. The third kappa shape index (κ3) is 5.39. The average molecular weight is 428 g/mol. The molecule has 0 bridgehead atoms. The minimum absolute atomic E-state index is 0.0163. The van der Waals surface area contributed by atoms with Gasteiger partial charge in [-0.2, -0.15) is 0 Å². The van der Waals surface area contributed by atoms with Gasteiger partial charge in [-0.05, 0) is 37.1 Å². The largest absolute Gasteiger partial charge is 0.496 e. The summed E-state index contributed by atoms with van der Waals surface area (Å²) in [5.41, 5.74) is 0.417. The van der Waals surface area contributed by atoms with Crippen LogP contribution < -0.4 is 24.3 Å². The molecule has 31 heavy (non-hydrogen) atoms. The van der Waals surface area contributed by atoms with E-state index in [9.17, 15) is 9.59 Å². The van der Waals surface area contributed by atoms with Crippen LogP contribution in [0.3, 0.4) is 0 Å². The van der Waals surface area contributed by atoms with Crippen LogP contribution in [0.4, 0.5) is 0 Å². The average Bonchev–Trinajstić information content (AvgIpc) is 2.82. The predicted molar refractivity (Wildman–Crippen MR) is 115 cm³/mol. The molecule has 1 N–H and O–H groups in total. The van der Waals surface area contributed by atoms with Crippen molar-refractivity contribution >= 4 is 11.8 Å².